The normalized spacial score (nSPS) is 16.7. The van der Waals surface area contributed by atoms with E-state index in [4.69, 9.17) is 20.9 Å². The number of likely N-dealkylation sites (tertiary alicyclic amines) is 1. The Balaban J connectivity index is 1.47. The number of benzene rings is 2. The second kappa shape index (κ2) is 7.40. The number of carbonyl (C=O) groups excluding carboxylic acids is 1. The first-order valence-corrected chi connectivity index (χ1v) is 9.00. The van der Waals surface area contributed by atoms with Crippen LogP contribution < -0.4 is 4.74 Å². The summed E-state index contributed by atoms with van der Waals surface area (Å²) in [6.45, 7) is 1.12. The number of ether oxygens (including phenoxy) is 1. The Kier molecular flexibility index (Phi) is 4.81. The molecule has 1 saturated heterocycles. The van der Waals surface area contributed by atoms with Gasteiger partial charge in [0.05, 0.1) is 7.11 Å². The first-order valence-electron chi connectivity index (χ1n) is 8.62. The second-order valence-corrected chi connectivity index (χ2v) is 6.93. The minimum Gasteiger partial charge on any atom is -0.497 e. The molecule has 4 rings (SSSR count). The summed E-state index contributed by atoms with van der Waals surface area (Å²) in [5.74, 6) is 1.71. The molecule has 3 aromatic rings. The van der Waals surface area contributed by atoms with Crippen LogP contribution in [0.2, 0.25) is 5.02 Å². The van der Waals surface area contributed by atoms with Gasteiger partial charge in [-0.25, -0.2) is 0 Å². The number of aromatic nitrogens is 2. The van der Waals surface area contributed by atoms with Gasteiger partial charge in [-0.15, -0.1) is 0 Å². The van der Waals surface area contributed by atoms with Crippen molar-refractivity contribution in [2.75, 3.05) is 13.7 Å². The van der Waals surface area contributed by atoms with Gasteiger partial charge < -0.3 is 14.2 Å². The Hall–Kier alpha value is -2.86. The molecule has 0 saturated carbocycles. The Morgan fingerprint density at radius 1 is 1.26 bits per heavy atom. The van der Waals surface area contributed by atoms with Gasteiger partial charge in [0.25, 0.3) is 5.89 Å². The molecular formula is C20H18ClN3O3. The van der Waals surface area contributed by atoms with Crippen LogP contribution in [0.15, 0.2) is 53.1 Å². The van der Waals surface area contributed by atoms with Gasteiger partial charge in [0.1, 0.15) is 5.75 Å². The lowest BCUT2D eigenvalue weighted by Crippen LogP contribution is -2.24. The fourth-order valence-corrected chi connectivity index (χ4v) is 3.31. The maximum Gasteiger partial charge on any atom is 0.258 e. The number of hydrogen-bond donors (Lipinski definition) is 0. The van der Waals surface area contributed by atoms with Crippen LogP contribution in [0, 0.1) is 0 Å². The molecule has 0 N–H and O–H groups in total. The Bertz CT molecular complexity index is 955. The second-order valence-electron chi connectivity index (χ2n) is 6.49. The van der Waals surface area contributed by atoms with Crippen molar-refractivity contribution in [2.24, 2.45) is 0 Å². The molecule has 1 fully saturated rings. The van der Waals surface area contributed by atoms with Crippen molar-refractivity contribution in [1.29, 1.82) is 0 Å². The largest absolute Gasteiger partial charge is 0.497 e. The maximum atomic E-state index is 12.4. The first-order chi connectivity index (χ1) is 13.1. The molecule has 1 unspecified atom stereocenters. The predicted octanol–water partition coefficient (Wildman–Crippen LogP) is 3.91. The van der Waals surface area contributed by atoms with Gasteiger partial charge in [0.15, 0.2) is 5.82 Å². The zero-order chi connectivity index (χ0) is 18.8. The smallest absolute Gasteiger partial charge is 0.258 e. The maximum absolute atomic E-state index is 12.4. The van der Waals surface area contributed by atoms with Crippen molar-refractivity contribution in [3.8, 4) is 17.2 Å². The number of methoxy groups -OCH3 is 1. The molecule has 27 heavy (non-hydrogen) atoms. The minimum atomic E-state index is -0.0760. The number of nitrogens with zero attached hydrogens (tertiary/aromatic N) is 3. The highest BCUT2D eigenvalue weighted by atomic mass is 35.5. The summed E-state index contributed by atoms with van der Waals surface area (Å²) in [6.07, 6.45) is 0.380. The van der Waals surface area contributed by atoms with Gasteiger partial charge in [0.2, 0.25) is 5.91 Å². The summed E-state index contributed by atoms with van der Waals surface area (Å²) >= 11 is 5.92. The number of hydrogen-bond acceptors (Lipinski definition) is 5. The zero-order valence-corrected chi connectivity index (χ0v) is 15.5. The summed E-state index contributed by atoms with van der Waals surface area (Å²) in [5, 5.41) is 4.78. The van der Waals surface area contributed by atoms with Crippen LogP contribution >= 0.6 is 11.6 Å². The van der Waals surface area contributed by atoms with Crippen LogP contribution in [-0.2, 0) is 11.3 Å². The third-order valence-electron chi connectivity index (χ3n) is 4.62. The molecule has 1 aliphatic heterocycles. The number of carbonyl (C=O) groups is 1. The Morgan fingerprint density at radius 2 is 2.07 bits per heavy atom. The van der Waals surface area contributed by atoms with Crippen molar-refractivity contribution < 1.29 is 14.1 Å². The molecule has 1 amide bonds. The van der Waals surface area contributed by atoms with Gasteiger partial charge in [-0.1, -0.05) is 35.0 Å². The molecular weight excluding hydrogens is 366 g/mol. The van der Waals surface area contributed by atoms with Gasteiger partial charge in [-0.2, -0.15) is 4.98 Å². The average molecular weight is 384 g/mol. The van der Waals surface area contributed by atoms with E-state index >= 15 is 0 Å². The van der Waals surface area contributed by atoms with Crippen molar-refractivity contribution >= 4 is 17.5 Å². The first kappa shape index (κ1) is 17.5. The van der Waals surface area contributed by atoms with Crippen LogP contribution in [0.4, 0.5) is 0 Å². The van der Waals surface area contributed by atoms with Crippen molar-refractivity contribution in [1.82, 2.24) is 15.0 Å². The molecule has 7 heteroatoms. The molecule has 1 aliphatic rings. The SMILES string of the molecule is COc1cccc(-c2nc(C3CC(=O)N(Cc4ccc(Cl)cc4)C3)no2)c1. The third-order valence-corrected chi connectivity index (χ3v) is 4.88. The standard InChI is InChI=1S/C20H18ClN3O3/c1-26-17-4-2-3-14(9-17)20-22-19(23-27-20)15-10-18(25)24(12-15)11-13-5-7-16(21)8-6-13/h2-9,15H,10-12H2,1H3. The van der Waals surface area contributed by atoms with E-state index < -0.39 is 0 Å². The van der Waals surface area contributed by atoms with Crippen molar-refractivity contribution in [3.05, 3.63) is 64.9 Å². The molecule has 1 aromatic heterocycles. The van der Waals surface area contributed by atoms with Crippen LogP contribution in [-0.4, -0.2) is 34.6 Å². The highest BCUT2D eigenvalue weighted by Crippen LogP contribution is 2.30. The van der Waals surface area contributed by atoms with E-state index in [2.05, 4.69) is 10.1 Å². The molecule has 2 heterocycles. The highest BCUT2D eigenvalue weighted by Gasteiger charge is 2.33. The van der Waals surface area contributed by atoms with Gasteiger partial charge in [-0.05, 0) is 35.9 Å². The van der Waals surface area contributed by atoms with Crippen LogP contribution in [0.25, 0.3) is 11.5 Å². The number of amides is 1. The molecule has 2 aromatic carbocycles. The summed E-state index contributed by atoms with van der Waals surface area (Å²) in [7, 11) is 1.61. The Labute approximate surface area is 161 Å². The van der Waals surface area contributed by atoms with Crippen LogP contribution in [0.5, 0.6) is 5.75 Å². The lowest BCUT2D eigenvalue weighted by atomic mass is 10.1. The molecule has 0 aliphatic carbocycles. The van der Waals surface area contributed by atoms with Crippen molar-refractivity contribution in [3.63, 3.8) is 0 Å². The van der Waals surface area contributed by atoms with E-state index in [1.807, 2.05) is 53.4 Å². The predicted molar refractivity (Wildman–Crippen MR) is 101 cm³/mol. The minimum absolute atomic E-state index is 0.0760. The van der Waals surface area contributed by atoms with E-state index in [0.29, 0.717) is 36.2 Å². The monoisotopic (exact) mass is 383 g/mol. The molecule has 0 spiro atoms. The topological polar surface area (TPSA) is 68.5 Å². The quantitative estimate of drug-likeness (QED) is 0.668. The van der Waals surface area contributed by atoms with E-state index in [-0.39, 0.29) is 11.8 Å². The fourth-order valence-electron chi connectivity index (χ4n) is 3.18. The molecule has 138 valence electrons. The van der Waals surface area contributed by atoms with Crippen molar-refractivity contribution in [2.45, 2.75) is 18.9 Å². The third kappa shape index (κ3) is 3.80. The van der Waals surface area contributed by atoms with E-state index in [0.717, 1.165) is 16.9 Å². The number of halogens is 1. The lowest BCUT2D eigenvalue weighted by Gasteiger charge is -2.16. The van der Waals surface area contributed by atoms with E-state index in [9.17, 15) is 4.79 Å². The Morgan fingerprint density at radius 3 is 2.85 bits per heavy atom. The molecule has 0 bridgehead atoms. The van der Waals surface area contributed by atoms with E-state index in [1.54, 1.807) is 7.11 Å². The van der Waals surface area contributed by atoms with E-state index in [1.165, 1.54) is 0 Å². The lowest BCUT2D eigenvalue weighted by molar-refractivity contribution is -0.128. The van der Waals surface area contributed by atoms with Gasteiger partial charge in [0, 0.05) is 36.0 Å². The summed E-state index contributed by atoms with van der Waals surface area (Å²) in [5.41, 5.74) is 1.83. The summed E-state index contributed by atoms with van der Waals surface area (Å²) in [4.78, 5) is 18.7. The zero-order valence-electron chi connectivity index (χ0n) is 14.8. The highest BCUT2D eigenvalue weighted by molar-refractivity contribution is 6.30. The van der Waals surface area contributed by atoms with Gasteiger partial charge in [-0.3, -0.25) is 4.79 Å². The average Bonchev–Trinajstić information content (AvgIpc) is 3.31. The van der Waals surface area contributed by atoms with Crippen LogP contribution in [0.3, 0.4) is 0 Å². The number of rotatable bonds is 5. The fraction of sp³-hybridized carbons (Fsp3) is 0.250. The van der Waals surface area contributed by atoms with Crippen LogP contribution in [0.1, 0.15) is 23.7 Å². The van der Waals surface area contributed by atoms with Gasteiger partial charge >= 0.3 is 0 Å². The summed E-state index contributed by atoms with van der Waals surface area (Å²) in [6, 6.07) is 15.0. The molecule has 0 radical (unpaired) electrons. The summed E-state index contributed by atoms with van der Waals surface area (Å²) < 4.78 is 10.6. The molecule has 6 nitrogen and oxygen atoms in total. The molecule has 1 atom stereocenters.